The average Bonchev–Trinajstić information content (AvgIpc) is 1.95. The fourth-order valence-corrected chi connectivity index (χ4v) is 1.41. The van der Waals surface area contributed by atoms with Gasteiger partial charge in [0.05, 0.1) is 6.42 Å². The third-order valence-corrected chi connectivity index (χ3v) is 2.38. The van der Waals surface area contributed by atoms with Gasteiger partial charge in [-0.15, -0.1) is 0 Å². The van der Waals surface area contributed by atoms with Crippen LogP contribution >= 0.6 is 0 Å². The molecule has 1 amide bonds. The molecule has 0 saturated carbocycles. The van der Waals surface area contributed by atoms with Crippen LogP contribution in [0.3, 0.4) is 0 Å². The highest BCUT2D eigenvalue weighted by Crippen LogP contribution is 2.22. The molecule has 0 aromatic rings. The number of hydrogen-bond donors (Lipinski definition) is 3. The van der Waals surface area contributed by atoms with E-state index < -0.39 is 17.6 Å². The van der Waals surface area contributed by atoms with E-state index in [2.05, 4.69) is 5.32 Å². The number of nitrogens with one attached hydrogen (secondary N) is 1. The molecule has 1 atom stereocenters. The summed E-state index contributed by atoms with van der Waals surface area (Å²) in [5.74, 6) is -1.13. The molecule has 0 aliphatic rings. The van der Waals surface area contributed by atoms with Gasteiger partial charge in [-0.2, -0.15) is 0 Å². The Morgan fingerprint density at radius 3 is 2.00 bits per heavy atom. The van der Waals surface area contributed by atoms with Gasteiger partial charge in [-0.05, 0) is 19.3 Å². The van der Waals surface area contributed by atoms with Gasteiger partial charge in [-0.3, -0.25) is 9.59 Å². The SMILES string of the molecule is CC(C)(N)CC(=O)NC(CC(=O)O)C(C)(C)C. The Labute approximate surface area is 103 Å². The topological polar surface area (TPSA) is 92.4 Å². The Bertz CT molecular complexity index is 287. The van der Waals surface area contributed by atoms with Gasteiger partial charge < -0.3 is 16.2 Å². The molecular weight excluding hydrogens is 220 g/mol. The molecule has 5 nitrogen and oxygen atoms in total. The summed E-state index contributed by atoms with van der Waals surface area (Å²) >= 11 is 0. The van der Waals surface area contributed by atoms with Crippen molar-refractivity contribution >= 4 is 11.9 Å². The lowest BCUT2D eigenvalue weighted by molar-refractivity contribution is -0.138. The van der Waals surface area contributed by atoms with Crippen molar-refractivity contribution in [2.24, 2.45) is 11.1 Å². The Balaban J connectivity index is 4.55. The van der Waals surface area contributed by atoms with Crippen LogP contribution in [0.1, 0.15) is 47.5 Å². The van der Waals surface area contributed by atoms with Crippen LogP contribution in [0.2, 0.25) is 0 Å². The molecule has 0 bridgehead atoms. The van der Waals surface area contributed by atoms with Crippen LogP contribution in [0.4, 0.5) is 0 Å². The van der Waals surface area contributed by atoms with Crippen LogP contribution in [0, 0.1) is 5.41 Å². The second-order valence-corrected chi connectivity index (χ2v) is 6.25. The van der Waals surface area contributed by atoms with E-state index in [0.29, 0.717) is 0 Å². The fourth-order valence-electron chi connectivity index (χ4n) is 1.41. The number of hydrogen-bond acceptors (Lipinski definition) is 3. The van der Waals surface area contributed by atoms with Crippen molar-refractivity contribution in [1.82, 2.24) is 5.32 Å². The standard InChI is InChI=1S/C12H24N2O3/c1-11(2,3)8(6-10(16)17)14-9(15)7-12(4,5)13/h8H,6-7,13H2,1-5H3,(H,14,15)(H,16,17). The van der Waals surface area contributed by atoms with E-state index in [1.54, 1.807) is 13.8 Å². The van der Waals surface area contributed by atoms with Crippen LogP contribution < -0.4 is 11.1 Å². The predicted octanol–water partition coefficient (Wildman–Crippen LogP) is 1.12. The van der Waals surface area contributed by atoms with E-state index in [0.717, 1.165) is 0 Å². The fraction of sp³-hybridized carbons (Fsp3) is 0.833. The molecule has 5 heteroatoms. The maximum atomic E-state index is 11.7. The van der Waals surface area contributed by atoms with Crippen molar-refractivity contribution in [3.8, 4) is 0 Å². The molecule has 0 saturated heterocycles. The maximum absolute atomic E-state index is 11.7. The van der Waals surface area contributed by atoms with Crippen molar-refractivity contribution in [2.45, 2.75) is 59.0 Å². The molecule has 17 heavy (non-hydrogen) atoms. The summed E-state index contributed by atoms with van der Waals surface area (Å²) in [7, 11) is 0. The molecule has 0 heterocycles. The lowest BCUT2D eigenvalue weighted by atomic mass is 9.84. The average molecular weight is 244 g/mol. The summed E-state index contributed by atoms with van der Waals surface area (Å²) in [5.41, 5.74) is 4.86. The number of rotatable bonds is 5. The highest BCUT2D eigenvalue weighted by Gasteiger charge is 2.29. The van der Waals surface area contributed by atoms with Gasteiger partial charge in [0.25, 0.3) is 0 Å². The molecular formula is C12H24N2O3. The Kier molecular flexibility index (Phi) is 5.13. The van der Waals surface area contributed by atoms with Crippen molar-refractivity contribution in [2.75, 3.05) is 0 Å². The van der Waals surface area contributed by atoms with E-state index in [4.69, 9.17) is 10.8 Å². The minimum absolute atomic E-state index is 0.0831. The lowest BCUT2D eigenvalue weighted by Gasteiger charge is -2.31. The Morgan fingerprint density at radius 1 is 1.24 bits per heavy atom. The third kappa shape index (κ3) is 7.74. The normalized spacial score (nSPS) is 14.2. The first-order valence-electron chi connectivity index (χ1n) is 5.72. The largest absolute Gasteiger partial charge is 0.481 e. The second-order valence-electron chi connectivity index (χ2n) is 6.25. The summed E-state index contributed by atoms with van der Waals surface area (Å²) < 4.78 is 0. The highest BCUT2D eigenvalue weighted by molar-refractivity contribution is 5.78. The molecule has 0 aliphatic heterocycles. The van der Waals surface area contributed by atoms with Gasteiger partial charge in [-0.1, -0.05) is 20.8 Å². The van der Waals surface area contributed by atoms with E-state index in [-0.39, 0.29) is 24.2 Å². The summed E-state index contributed by atoms with van der Waals surface area (Å²) in [6.45, 7) is 9.21. The van der Waals surface area contributed by atoms with Crippen molar-refractivity contribution in [3.05, 3.63) is 0 Å². The third-order valence-electron chi connectivity index (χ3n) is 2.38. The molecule has 0 aromatic heterocycles. The van der Waals surface area contributed by atoms with Gasteiger partial charge in [0.2, 0.25) is 5.91 Å². The molecule has 0 aliphatic carbocycles. The first kappa shape index (κ1) is 15.9. The first-order valence-corrected chi connectivity index (χ1v) is 5.72. The minimum atomic E-state index is -0.919. The quantitative estimate of drug-likeness (QED) is 0.675. The summed E-state index contributed by atoms with van der Waals surface area (Å²) in [4.78, 5) is 22.5. The Hall–Kier alpha value is -1.10. The van der Waals surface area contributed by atoms with Gasteiger partial charge >= 0.3 is 5.97 Å². The lowest BCUT2D eigenvalue weighted by Crippen LogP contribution is -2.48. The summed E-state index contributed by atoms with van der Waals surface area (Å²) in [6, 6.07) is -0.394. The zero-order valence-corrected chi connectivity index (χ0v) is 11.3. The number of carboxylic acid groups (broad SMARTS) is 1. The molecule has 0 spiro atoms. The van der Waals surface area contributed by atoms with Crippen molar-refractivity contribution < 1.29 is 14.7 Å². The zero-order chi connectivity index (χ0) is 13.9. The molecule has 0 rings (SSSR count). The van der Waals surface area contributed by atoms with Crippen LogP contribution in [-0.2, 0) is 9.59 Å². The number of carbonyl (C=O) groups is 2. The zero-order valence-electron chi connectivity index (χ0n) is 11.3. The van der Waals surface area contributed by atoms with Crippen LogP contribution in [0.5, 0.6) is 0 Å². The predicted molar refractivity (Wildman–Crippen MR) is 66.5 cm³/mol. The summed E-state index contributed by atoms with van der Waals surface area (Å²) in [6.07, 6.45) is 0.0967. The summed E-state index contributed by atoms with van der Waals surface area (Å²) in [5, 5.41) is 11.6. The highest BCUT2D eigenvalue weighted by atomic mass is 16.4. The molecule has 4 N–H and O–H groups in total. The van der Waals surface area contributed by atoms with E-state index in [1.807, 2.05) is 20.8 Å². The second kappa shape index (κ2) is 5.49. The van der Waals surface area contributed by atoms with Crippen LogP contribution in [0.15, 0.2) is 0 Å². The number of carbonyl (C=O) groups excluding carboxylic acids is 1. The maximum Gasteiger partial charge on any atom is 0.305 e. The molecule has 0 radical (unpaired) electrons. The minimum Gasteiger partial charge on any atom is -0.481 e. The van der Waals surface area contributed by atoms with E-state index in [9.17, 15) is 9.59 Å². The monoisotopic (exact) mass is 244 g/mol. The van der Waals surface area contributed by atoms with Crippen molar-refractivity contribution in [1.29, 1.82) is 0 Å². The number of aliphatic carboxylic acids is 1. The molecule has 1 unspecified atom stereocenters. The van der Waals surface area contributed by atoms with Gasteiger partial charge in [0, 0.05) is 18.0 Å². The van der Waals surface area contributed by atoms with E-state index >= 15 is 0 Å². The number of carboxylic acids is 1. The van der Waals surface area contributed by atoms with Gasteiger partial charge in [-0.25, -0.2) is 0 Å². The van der Waals surface area contributed by atoms with Crippen molar-refractivity contribution in [3.63, 3.8) is 0 Å². The van der Waals surface area contributed by atoms with Gasteiger partial charge in [0.1, 0.15) is 0 Å². The van der Waals surface area contributed by atoms with Gasteiger partial charge in [0.15, 0.2) is 0 Å². The first-order chi connectivity index (χ1) is 7.42. The smallest absolute Gasteiger partial charge is 0.305 e. The number of nitrogens with two attached hydrogens (primary N) is 1. The molecule has 0 fully saturated rings. The molecule has 100 valence electrons. The van der Waals surface area contributed by atoms with Crippen LogP contribution in [0.25, 0.3) is 0 Å². The molecule has 0 aromatic carbocycles. The van der Waals surface area contributed by atoms with E-state index in [1.165, 1.54) is 0 Å². The van der Waals surface area contributed by atoms with Crippen LogP contribution in [-0.4, -0.2) is 28.6 Å². The number of amides is 1. The Morgan fingerprint density at radius 2 is 1.71 bits per heavy atom.